The van der Waals surface area contributed by atoms with Crippen LogP contribution in [0.25, 0.3) is 0 Å². The highest BCUT2D eigenvalue weighted by atomic mass is 35.5. The molecule has 2 aromatic rings. The predicted octanol–water partition coefficient (Wildman–Crippen LogP) is 4.66. The molecule has 2 N–H and O–H groups in total. The van der Waals surface area contributed by atoms with E-state index in [-0.39, 0.29) is 11.8 Å². The van der Waals surface area contributed by atoms with E-state index in [1.807, 2.05) is 13.8 Å². The van der Waals surface area contributed by atoms with Crippen molar-refractivity contribution in [3.63, 3.8) is 0 Å². The second-order valence-corrected chi connectivity index (χ2v) is 7.24. The van der Waals surface area contributed by atoms with E-state index in [0.717, 1.165) is 5.56 Å². The Morgan fingerprint density at radius 1 is 1.00 bits per heavy atom. The van der Waals surface area contributed by atoms with Gasteiger partial charge in [-0.3, -0.25) is 9.59 Å². The monoisotopic (exact) mass is 378 g/mol. The highest BCUT2D eigenvalue weighted by Crippen LogP contribution is 2.35. The SMILES string of the molecule is CC(=O)Nc1ccc(C(=O)NCC(C)(C)c2c(Cl)cccc2Cl)cc1. The third kappa shape index (κ3) is 4.97. The van der Waals surface area contributed by atoms with E-state index in [4.69, 9.17) is 23.2 Å². The fraction of sp³-hybridized carbons (Fsp3) is 0.263. The van der Waals surface area contributed by atoms with Crippen molar-refractivity contribution in [1.29, 1.82) is 0 Å². The van der Waals surface area contributed by atoms with Crippen LogP contribution in [-0.4, -0.2) is 18.4 Å². The molecule has 0 unspecified atom stereocenters. The van der Waals surface area contributed by atoms with Gasteiger partial charge in [-0.05, 0) is 42.0 Å². The first-order valence-corrected chi connectivity index (χ1v) is 8.56. The van der Waals surface area contributed by atoms with Crippen molar-refractivity contribution in [3.8, 4) is 0 Å². The fourth-order valence-electron chi connectivity index (χ4n) is 2.54. The summed E-state index contributed by atoms with van der Waals surface area (Å²) in [6.45, 7) is 5.76. The lowest BCUT2D eigenvalue weighted by atomic mass is 9.84. The number of carbonyl (C=O) groups excluding carboxylic acids is 2. The smallest absolute Gasteiger partial charge is 0.251 e. The van der Waals surface area contributed by atoms with E-state index < -0.39 is 5.41 Å². The first-order chi connectivity index (χ1) is 11.7. The van der Waals surface area contributed by atoms with Crippen molar-refractivity contribution in [2.45, 2.75) is 26.2 Å². The Bertz CT molecular complexity index is 766. The summed E-state index contributed by atoms with van der Waals surface area (Å²) in [4.78, 5) is 23.4. The molecule has 6 heteroatoms. The molecule has 0 saturated carbocycles. The molecule has 2 aromatic carbocycles. The Balaban J connectivity index is 2.07. The number of nitrogens with one attached hydrogen (secondary N) is 2. The van der Waals surface area contributed by atoms with Gasteiger partial charge in [-0.25, -0.2) is 0 Å². The van der Waals surface area contributed by atoms with Crippen molar-refractivity contribution in [2.75, 3.05) is 11.9 Å². The first-order valence-electron chi connectivity index (χ1n) is 7.81. The average Bonchev–Trinajstić information content (AvgIpc) is 2.52. The second kappa shape index (κ2) is 7.89. The first kappa shape index (κ1) is 19.3. The highest BCUT2D eigenvalue weighted by molar-refractivity contribution is 6.36. The lowest BCUT2D eigenvalue weighted by Crippen LogP contribution is -2.37. The molecule has 0 fully saturated rings. The quantitative estimate of drug-likeness (QED) is 0.794. The minimum atomic E-state index is -0.429. The molecule has 0 atom stereocenters. The predicted molar refractivity (Wildman–Crippen MR) is 103 cm³/mol. The van der Waals surface area contributed by atoms with Crippen LogP contribution in [0, 0.1) is 0 Å². The van der Waals surface area contributed by atoms with Crippen LogP contribution in [0.3, 0.4) is 0 Å². The molecular weight excluding hydrogens is 359 g/mol. The molecule has 0 aromatic heterocycles. The van der Waals surface area contributed by atoms with Crippen molar-refractivity contribution in [1.82, 2.24) is 5.32 Å². The standard InChI is InChI=1S/C19H20Cl2N2O2/c1-12(24)23-14-9-7-13(8-10-14)18(25)22-11-19(2,3)17-15(20)5-4-6-16(17)21/h4-10H,11H2,1-3H3,(H,22,25)(H,23,24). The Labute approximate surface area is 157 Å². The summed E-state index contributed by atoms with van der Waals surface area (Å²) in [5.41, 5.74) is 1.53. The van der Waals surface area contributed by atoms with Crippen molar-refractivity contribution < 1.29 is 9.59 Å². The minimum Gasteiger partial charge on any atom is -0.351 e. The normalized spacial score (nSPS) is 11.1. The van der Waals surface area contributed by atoms with Gasteiger partial charge in [0.25, 0.3) is 5.91 Å². The lowest BCUT2D eigenvalue weighted by Gasteiger charge is -2.27. The number of halogens is 2. The number of rotatable bonds is 5. The van der Waals surface area contributed by atoms with Gasteiger partial charge in [-0.2, -0.15) is 0 Å². The summed E-state index contributed by atoms with van der Waals surface area (Å²) in [6.07, 6.45) is 0. The van der Waals surface area contributed by atoms with Crippen LogP contribution < -0.4 is 10.6 Å². The minimum absolute atomic E-state index is 0.157. The van der Waals surface area contributed by atoms with Crippen molar-refractivity contribution in [3.05, 3.63) is 63.6 Å². The van der Waals surface area contributed by atoms with Crippen LogP contribution in [0.2, 0.25) is 10.0 Å². The zero-order valence-corrected chi connectivity index (χ0v) is 15.8. The van der Waals surface area contributed by atoms with Crippen LogP contribution in [0.4, 0.5) is 5.69 Å². The summed E-state index contributed by atoms with van der Waals surface area (Å²) >= 11 is 12.5. The van der Waals surface area contributed by atoms with Gasteiger partial charge in [0.1, 0.15) is 0 Å². The third-order valence-corrected chi connectivity index (χ3v) is 4.43. The van der Waals surface area contributed by atoms with E-state index in [0.29, 0.717) is 27.8 Å². The molecule has 0 saturated heterocycles. The molecular formula is C19H20Cl2N2O2. The molecule has 4 nitrogen and oxygen atoms in total. The Morgan fingerprint density at radius 2 is 1.56 bits per heavy atom. The maximum atomic E-state index is 12.4. The molecule has 0 aliphatic rings. The van der Waals surface area contributed by atoms with Gasteiger partial charge in [0, 0.05) is 40.2 Å². The lowest BCUT2D eigenvalue weighted by molar-refractivity contribution is -0.114. The number of hydrogen-bond donors (Lipinski definition) is 2. The number of anilines is 1. The molecule has 0 spiro atoms. The van der Waals surface area contributed by atoms with Crippen molar-refractivity contribution >= 4 is 40.7 Å². The summed E-state index contributed by atoms with van der Waals surface area (Å²) in [7, 11) is 0. The molecule has 2 rings (SSSR count). The Morgan fingerprint density at radius 3 is 2.08 bits per heavy atom. The maximum absolute atomic E-state index is 12.4. The molecule has 25 heavy (non-hydrogen) atoms. The molecule has 0 bridgehead atoms. The second-order valence-electron chi connectivity index (χ2n) is 6.42. The van der Waals surface area contributed by atoms with Gasteiger partial charge in [0.05, 0.1) is 0 Å². The average molecular weight is 379 g/mol. The van der Waals surface area contributed by atoms with Gasteiger partial charge < -0.3 is 10.6 Å². The maximum Gasteiger partial charge on any atom is 0.251 e. The molecule has 0 radical (unpaired) electrons. The van der Waals surface area contributed by atoms with Gasteiger partial charge >= 0.3 is 0 Å². The van der Waals surface area contributed by atoms with Gasteiger partial charge in [0.15, 0.2) is 0 Å². The molecule has 0 heterocycles. The van der Waals surface area contributed by atoms with E-state index in [1.54, 1.807) is 42.5 Å². The number of carbonyl (C=O) groups is 2. The zero-order chi connectivity index (χ0) is 18.6. The van der Waals surface area contributed by atoms with Crippen LogP contribution in [-0.2, 0) is 10.2 Å². The van der Waals surface area contributed by atoms with E-state index in [1.165, 1.54) is 6.92 Å². The number of benzene rings is 2. The summed E-state index contributed by atoms with van der Waals surface area (Å²) in [6, 6.07) is 12.1. The topological polar surface area (TPSA) is 58.2 Å². The van der Waals surface area contributed by atoms with Gasteiger partial charge in [-0.15, -0.1) is 0 Å². The molecule has 0 aliphatic heterocycles. The van der Waals surface area contributed by atoms with Gasteiger partial charge in [-0.1, -0.05) is 43.1 Å². The fourth-order valence-corrected chi connectivity index (χ4v) is 3.45. The van der Waals surface area contributed by atoms with Gasteiger partial charge in [0.2, 0.25) is 5.91 Å². The van der Waals surface area contributed by atoms with Crippen molar-refractivity contribution in [2.24, 2.45) is 0 Å². The number of hydrogen-bond acceptors (Lipinski definition) is 2. The van der Waals surface area contributed by atoms with Crippen LogP contribution in [0.5, 0.6) is 0 Å². The molecule has 2 amide bonds. The van der Waals surface area contributed by atoms with Crippen LogP contribution in [0.1, 0.15) is 36.7 Å². The van der Waals surface area contributed by atoms with Crippen LogP contribution >= 0.6 is 23.2 Å². The van der Waals surface area contributed by atoms with E-state index in [9.17, 15) is 9.59 Å². The van der Waals surface area contributed by atoms with Crippen LogP contribution in [0.15, 0.2) is 42.5 Å². The van der Waals surface area contributed by atoms with E-state index in [2.05, 4.69) is 10.6 Å². The Hall–Kier alpha value is -2.04. The summed E-state index contributed by atoms with van der Waals surface area (Å²) in [5.74, 6) is -0.360. The van der Waals surface area contributed by atoms with E-state index >= 15 is 0 Å². The highest BCUT2D eigenvalue weighted by Gasteiger charge is 2.26. The third-order valence-electron chi connectivity index (χ3n) is 3.80. The summed E-state index contributed by atoms with van der Waals surface area (Å²) < 4.78 is 0. The largest absolute Gasteiger partial charge is 0.351 e. The summed E-state index contributed by atoms with van der Waals surface area (Å²) in [5, 5.41) is 6.72. The zero-order valence-electron chi connectivity index (χ0n) is 14.3. The molecule has 0 aliphatic carbocycles. The Kier molecular flexibility index (Phi) is 6.09. The molecule has 132 valence electrons. The number of amides is 2.